The number of rotatable bonds is 7. The summed E-state index contributed by atoms with van der Waals surface area (Å²) in [5.74, 6) is 0. The van der Waals surface area contributed by atoms with Crippen LogP contribution in [0.4, 0.5) is 12.9 Å². The number of alkyl halides is 1. The summed E-state index contributed by atoms with van der Waals surface area (Å²) in [4.78, 5) is 0. The molecule has 0 saturated heterocycles. The van der Waals surface area contributed by atoms with Crippen molar-refractivity contribution in [3.8, 4) is 0 Å². The molecule has 0 amide bonds. The van der Waals surface area contributed by atoms with Crippen LogP contribution in [0.3, 0.4) is 0 Å². The van der Waals surface area contributed by atoms with Gasteiger partial charge in [0.25, 0.3) is 0 Å². The molecule has 0 aromatic carbocycles. The molecule has 6 heteroatoms. The maximum absolute atomic E-state index is 11.7. The molecule has 0 spiro atoms. The summed E-state index contributed by atoms with van der Waals surface area (Å²) in [5.41, 5.74) is 0. The molecule has 0 fully saturated rings. The Bertz CT molecular complexity index is 110. The molecule has 0 aliphatic carbocycles. The first kappa shape index (κ1) is 17.4. The zero-order valence-corrected chi connectivity index (χ0v) is 12.7. The first-order valence-corrected chi connectivity index (χ1v) is 5.45. The second-order valence-electron chi connectivity index (χ2n) is 2.96. The Labute approximate surface area is 129 Å². The van der Waals surface area contributed by atoms with E-state index in [9.17, 15) is 12.9 Å². The van der Waals surface area contributed by atoms with E-state index in [1.807, 2.05) is 0 Å². The molecule has 0 bridgehead atoms. The normalized spacial score (nSPS) is 11.1. The molecule has 0 nitrogen and oxygen atoms in total. The number of unbranched alkanes of at least 4 members (excludes halogenated alkanes) is 4. The Kier molecular flexibility index (Phi) is 14.0. The molecule has 0 saturated carbocycles. The quantitative estimate of drug-likeness (QED) is 0.374. The van der Waals surface area contributed by atoms with E-state index in [2.05, 4.69) is 15.9 Å². The fourth-order valence-corrected chi connectivity index (χ4v) is 1.40. The van der Waals surface area contributed by atoms with Crippen molar-refractivity contribution < 1.29 is 64.3 Å². The standard InChI is InChI=1S/C7H14BBrF3.K/c9-7-5-3-1-2-4-6-8(10,11)12;/h1-7H2;/q-1;+1. The minimum absolute atomic E-state index is 0. The zero-order valence-electron chi connectivity index (χ0n) is 8.04. The minimum atomic E-state index is -4.54. The summed E-state index contributed by atoms with van der Waals surface area (Å²) in [6, 6.07) is 0. The third kappa shape index (κ3) is 16.6. The van der Waals surface area contributed by atoms with Crippen LogP contribution >= 0.6 is 15.9 Å². The molecular weight excluding hydrogens is 271 g/mol. The van der Waals surface area contributed by atoms with Crippen molar-refractivity contribution in [3.63, 3.8) is 0 Å². The number of hydrogen-bond acceptors (Lipinski definition) is 0. The maximum atomic E-state index is 11.7. The van der Waals surface area contributed by atoms with Gasteiger partial charge in [0, 0.05) is 5.33 Å². The average molecular weight is 285 g/mol. The van der Waals surface area contributed by atoms with Crippen LogP contribution in [-0.2, 0) is 0 Å². The molecule has 0 aromatic heterocycles. The molecule has 0 N–H and O–H groups in total. The molecule has 0 rings (SSSR count). The fourth-order valence-electron chi connectivity index (χ4n) is 1.00. The topological polar surface area (TPSA) is 0 Å². The Morgan fingerprint density at radius 1 is 0.846 bits per heavy atom. The van der Waals surface area contributed by atoms with Crippen LogP contribution < -0.4 is 51.4 Å². The molecule has 13 heavy (non-hydrogen) atoms. The largest absolute Gasteiger partial charge is 1.00 e. The van der Waals surface area contributed by atoms with Crippen molar-refractivity contribution in [1.29, 1.82) is 0 Å². The molecule has 0 atom stereocenters. The van der Waals surface area contributed by atoms with Gasteiger partial charge in [0.15, 0.2) is 0 Å². The van der Waals surface area contributed by atoms with Crippen molar-refractivity contribution in [2.75, 3.05) is 5.33 Å². The average Bonchev–Trinajstić information content (AvgIpc) is 1.94. The second kappa shape index (κ2) is 10.5. The molecule has 0 unspecified atom stereocenters. The van der Waals surface area contributed by atoms with E-state index in [4.69, 9.17) is 0 Å². The smallest absolute Gasteiger partial charge is 0.449 e. The van der Waals surface area contributed by atoms with Crippen LogP contribution in [0.1, 0.15) is 32.1 Å². The summed E-state index contributed by atoms with van der Waals surface area (Å²) >= 11 is 3.27. The third-order valence-electron chi connectivity index (χ3n) is 1.67. The van der Waals surface area contributed by atoms with E-state index in [1.54, 1.807) is 0 Å². The third-order valence-corrected chi connectivity index (χ3v) is 2.23. The Morgan fingerprint density at radius 3 is 1.77 bits per heavy atom. The molecule has 74 valence electrons. The number of hydrogen-bond donors (Lipinski definition) is 0. The second-order valence-corrected chi connectivity index (χ2v) is 3.75. The van der Waals surface area contributed by atoms with Gasteiger partial charge in [-0.3, -0.25) is 0 Å². The van der Waals surface area contributed by atoms with Crippen molar-refractivity contribution in [3.05, 3.63) is 0 Å². The summed E-state index contributed by atoms with van der Waals surface area (Å²) in [6.45, 7) is -4.54. The summed E-state index contributed by atoms with van der Waals surface area (Å²) in [5, 5.41) is 0.955. The summed E-state index contributed by atoms with van der Waals surface area (Å²) in [7, 11) is 0. The zero-order chi connectivity index (χ0) is 9.45. The van der Waals surface area contributed by atoms with Gasteiger partial charge in [-0.2, -0.15) is 0 Å². The molecule has 0 radical (unpaired) electrons. The van der Waals surface area contributed by atoms with Gasteiger partial charge in [-0.25, -0.2) is 0 Å². The van der Waals surface area contributed by atoms with Gasteiger partial charge in [-0.1, -0.05) is 47.9 Å². The van der Waals surface area contributed by atoms with E-state index in [-0.39, 0.29) is 51.4 Å². The summed E-state index contributed by atoms with van der Waals surface area (Å²) < 4.78 is 35.1. The van der Waals surface area contributed by atoms with Crippen molar-refractivity contribution >= 4 is 22.9 Å². The van der Waals surface area contributed by atoms with Gasteiger partial charge in [0.2, 0.25) is 0 Å². The van der Waals surface area contributed by atoms with Crippen LogP contribution in [0, 0.1) is 0 Å². The van der Waals surface area contributed by atoms with E-state index >= 15 is 0 Å². The molecular formula is C7H14BBrF3K. The molecule has 0 heterocycles. The maximum Gasteiger partial charge on any atom is 1.00 e. The van der Waals surface area contributed by atoms with Crippen molar-refractivity contribution in [2.24, 2.45) is 0 Å². The van der Waals surface area contributed by atoms with Gasteiger partial charge >= 0.3 is 58.4 Å². The van der Waals surface area contributed by atoms with Gasteiger partial charge in [-0.05, 0) is 6.42 Å². The Balaban J connectivity index is 0. The SMILES string of the molecule is F[B-](F)(F)CCCCCCCBr.[K+]. The monoisotopic (exact) mass is 284 g/mol. The molecule has 0 aromatic rings. The fraction of sp³-hybridized carbons (Fsp3) is 1.00. The van der Waals surface area contributed by atoms with Gasteiger partial charge in [-0.15, -0.1) is 0 Å². The van der Waals surface area contributed by atoms with E-state index in [1.165, 1.54) is 0 Å². The Morgan fingerprint density at radius 2 is 1.31 bits per heavy atom. The predicted octanol–water partition coefficient (Wildman–Crippen LogP) is 1.18. The van der Waals surface area contributed by atoms with Crippen LogP contribution in [0.2, 0.25) is 6.32 Å². The summed E-state index contributed by atoms with van der Waals surface area (Å²) in [6.07, 6.45) is 3.50. The van der Waals surface area contributed by atoms with Gasteiger partial charge < -0.3 is 12.9 Å². The van der Waals surface area contributed by atoms with E-state index in [0.717, 1.165) is 24.6 Å². The first-order chi connectivity index (χ1) is 5.56. The van der Waals surface area contributed by atoms with E-state index in [0.29, 0.717) is 12.8 Å². The predicted molar refractivity (Wildman–Crippen MR) is 50.8 cm³/mol. The van der Waals surface area contributed by atoms with Crippen molar-refractivity contribution in [1.82, 2.24) is 0 Å². The van der Waals surface area contributed by atoms with Crippen LogP contribution in [0.15, 0.2) is 0 Å². The number of halogens is 4. The van der Waals surface area contributed by atoms with Gasteiger partial charge in [0.05, 0.1) is 0 Å². The van der Waals surface area contributed by atoms with Gasteiger partial charge in [0.1, 0.15) is 0 Å². The van der Waals surface area contributed by atoms with Crippen molar-refractivity contribution in [2.45, 2.75) is 38.4 Å². The van der Waals surface area contributed by atoms with E-state index < -0.39 is 13.3 Å². The van der Waals surface area contributed by atoms with Crippen LogP contribution in [-0.4, -0.2) is 12.3 Å². The van der Waals surface area contributed by atoms with Crippen LogP contribution in [0.5, 0.6) is 0 Å². The first-order valence-electron chi connectivity index (χ1n) is 4.33. The Hall–Kier alpha value is 1.97. The van der Waals surface area contributed by atoms with Crippen LogP contribution in [0.25, 0.3) is 0 Å². The molecule has 0 aliphatic rings. The molecule has 0 aliphatic heterocycles. The minimum Gasteiger partial charge on any atom is -0.449 e.